The van der Waals surface area contributed by atoms with Gasteiger partial charge in [-0.2, -0.15) is 0 Å². The van der Waals surface area contributed by atoms with E-state index in [-0.39, 0.29) is 6.54 Å². The molecule has 0 radical (unpaired) electrons. The molecule has 0 spiro atoms. The van der Waals surface area contributed by atoms with E-state index >= 15 is 0 Å². The summed E-state index contributed by atoms with van der Waals surface area (Å²) in [5, 5.41) is 10.9. The molecule has 2 aromatic rings. The van der Waals surface area contributed by atoms with E-state index in [1.165, 1.54) is 6.26 Å². The molecule has 1 N–H and O–H groups in total. The van der Waals surface area contributed by atoms with Crippen LogP contribution in [0.15, 0.2) is 24.3 Å². The summed E-state index contributed by atoms with van der Waals surface area (Å²) < 4.78 is 22.3. The summed E-state index contributed by atoms with van der Waals surface area (Å²) in [5.41, 5.74) is 1.42. The topological polar surface area (TPSA) is 84.8 Å². The van der Waals surface area contributed by atoms with E-state index in [0.29, 0.717) is 11.5 Å². The van der Waals surface area contributed by atoms with E-state index in [1.54, 1.807) is 13.8 Å². The van der Waals surface area contributed by atoms with Gasteiger partial charge >= 0.3 is 0 Å². The fourth-order valence-electron chi connectivity index (χ4n) is 1.38. The van der Waals surface area contributed by atoms with Crippen LogP contribution >= 0.6 is 0 Å². The molecular formula is C12H16N4O2S. The van der Waals surface area contributed by atoms with Gasteiger partial charge in [-0.3, -0.25) is 0 Å². The SMILES string of the molecule is CC(C)(CNc1nnc2ccccc2n1)S(C)(=O)=O. The van der Waals surface area contributed by atoms with Crippen LogP contribution in [0.2, 0.25) is 0 Å². The average molecular weight is 280 g/mol. The third-order valence-corrected chi connectivity index (χ3v) is 5.19. The quantitative estimate of drug-likeness (QED) is 0.907. The fourth-order valence-corrected chi connectivity index (χ4v) is 1.71. The predicted molar refractivity (Wildman–Crippen MR) is 74.7 cm³/mol. The zero-order valence-electron chi connectivity index (χ0n) is 11.1. The van der Waals surface area contributed by atoms with E-state index in [0.717, 1.165) is 5.52 Å². The number of benzene rings is 1. The lowest BCUT2D eigenvalue weighted by molar-refractivity contribution is 0.559. The molecule has 1 aromatic carbocycles. The van der Waals surface area contributed by atoms with Crippen molar-refractivity contribution in [2.45, 2.75) is 18.6 Å². The summed E-state index contributed by atoms with van der Waals surface area (Å²) in [6, 6.07) is 7.37. The van der Waals surface area contributed by atoms with Crippen molar-refractivity contribution in [1.82, 2.24) is 15.2 Å². The molecule has 0 aliphatic heterocycles. The Labute approximate surface area is 112 Å². The van der Waals surface area contributed by atoms with Crippen molar-refractivity contribution in [3.8, 4) is 0 Å². The minimum Gasteiger partial charge on any atom is -0.351 e. The van der Waals surface area contributed by atoms with Gasteiger partial charge in [-0.15, -0.1) is 10.2 Å². The number of para-hydroxylation sites is 1. The second kappa shape index (κ2) is 4.73. The van der Waals surface area contributed by atoms with Crippen molar-refractivity contribution < 1.29 is 8.42 Å². The lowest BCUT2D eigenvalue weighted by Gasteiger charge is -2.22. The Morgan fingerprint density at radius 1 is 1.16 bits per heavy atom. The Morgan fingerprint density at radius 2 is 1.79 bits per heavy atom. The Kier molecular flexibility index (Phi) is 3.40. The number of anilines is 1. The number of nitrogens with one attached hydrogen (secondary N) is 1. The van der Waals surface area contributed by atoms with E-state index in [1.807, 2.05) is 24.3 Å². The van der Waals surface area contributed by atoms with Gasteiger partial charge in [0.1, 0.15) is 5.52 Å². The van der Waals surface area contributed by atoms with Crippen LogP contribution in [0.25, 0.3) is 11.0 Å². The van der Waals surface area contributed by atoms with E-state index in [4.69, 9.17) is 0 Å². The number of nitrogens with zero attached hydrogens (tertiary/aromatic N) is 3. The average Bonchev–Trinajstić information content (AvgIpc) is 2.35. The van der Waals surface area contributed by atoms with Gasteiger partial charge in [0.25, 0.3) is 0 Å². The van der Waals surface area contributed by atoms with Crippen molar-refractivity contribution in [2.24, 2.45) is 0 Å². The Bertz CT molecular complexity index is 698. The monoisotopic (exact) mass is 280 g/mol. The van der Waals surface area contributed by atoms with Crippen LogP contribution in [0.1, 0.15) is 13.8 Å². The maximum atomic E-state index is 11.6. The van der Waals surface area contributed by atoms with Gasteiger partial charge in [0.15, 0.2) is 9.84 Å². The van der Waals surface area contributed by atoms with Crippen molar-refractivity contribution >= 4 is 26.8 Å². The highest BCUT2D eigenvalue weighted by atomic mass is 32.2. The van der Waals surface area contributed by atoms with E-state index in [9.17, 15) is 8.42 Å². The van der Waals surface area contributed by atoms with Gasteiger partial charge in [0.05, 0.1) is 10.3 Å². The van der Waals surface area contributed by atoms with Crippen molar-refractivity contribution in [3.05, 3.63) is 24.3 Å². The maximum Gasteiger partial charge on any atom is 0.243 e. The lowest BCUT2D eigenvalue weighted by Crippen LogP contribution is -2.38. The first-order valence-corrected chi connectivity index (χ1v) is 7.72. The lowest BCUT2D eigenvalue weighted by atomic mass is 10.2. The molecule has 1 heterocycles. The van der Waals surface area contributed by atoms with Crippen LogP contribution in [-0.4, -0.2) is 41.1 Å². The molecule has 1 aromatic heterocycles. The highest BCUT2D eigenvalue weighted by Gasteiger charge is 2.30. The van der Waals surface area contributed by atoms with Crippen molar-refractivity contribution in [1.29, 1.82) is 0 Å². The van der Waals surface area contributed by atoms with Crippen LogP contribution in [0.3, 0.4) is 0 Å². The number of hydrogen-bond donors (Lipinski definition) is 1. The first kappa shape index (κ1) is 13.7. The number of aromatic nitrogens is 3. The summed E-state index contributed by atoms with van der Waals surface area (Å²) in [4.78, 5) is 4.28. The second-order valence-electron chi connectivity index (χ2n) is 5.01. The van der Waals surface area contributed by atoms with Gasteiger partial charge in [-0.25, -0.2) is 13.4 Å². The zero-order valence-corrected chi connectivity index (χ0v) is 11.9. The number of hydrogen-bond acceptors (Lipinski definition) is 6. The standard InChI is InChI=1S/C12H16N4O2S/c1-12(2,19(3,17)18)8-13-11-14-9-6-4-5-7-10(9)15-16-11/h4-7H,8H2,1-3H3,(H,13,14,16). The van der Waals surface area contributed by atoms with Crippen LogP contribution < -0.4 is 5.32 Å². The third-order valence-electron chi connectivity index (χ3n) is 3.04. The third kappa shape index (κ3) is 2.98. The summed E-state index contributed by atoms with van der Waals surface area (Å²) >= 11 is 0. The Hall–Kier alpha value is -1.76. The molecule has 19 heavy (non-hydrogen) atoms. The highest BCUT2D eigenvalue weighted by Crippen LogP contribution is 2.16. The molecule has 0 amide bonds. The molecule has 7 heteroatoms. The molecule has 0 fully saturated rings. The molecule has 0 unspecified atom stereocenters. The molecular weight excluding hydrogens is 264 g/mol. The largest absolute Gasteiger partial charge is 0.351 e. The molecule has 0 aliphatic rings. The molecule has 6 nitrogen and oxygen atoms in total. The smallest absolute Gasteiger partial charge is 0.243 e. The van der Waals surface area contributed by atoms with Crippen LogP contribution in [0.5, 0.6) is 0 Å². The summed E-state index contributed by atoms with van der Waals surface area (Å²) in [6.45, 7) is 3.54. The molecule has 0 aliphatic carbocycles. The predicted octanol–water partition coefficient (Wildman–Crippen LogP) is 1.26. The van der Waals surface area contributed by atoms with E-state index in [2.05, 4.69) is 20.5 Å². The molecule has 0 bridgehead atoms. The number of sulfone groups is 1. The summed E-state index contributed by atoms with van der Waals surface area (Å²) in [7, 11) is -3.15. The first-order chi connectivity index (χ1) is 8.79. The number of fused-ring (bicyclic) bond motifs is 1. The Balaban J connectivity index is 2.19. The summed E-state index contributed by atoms with van der Waals surface area (Å²) in [5.74, 6) is 0.329. The van der Waals surface area contributed by atoms with Gasteiger partial charge in [0, 0.05) is 12.8 Å². The van der Waals surface area contributed by atoms with E-state index < -0.39 is 14.6 Å². The molecule has 0 saturated carbocycles. The molecule has 2 rings (SSSR count). The fraction of sp³-hybridized carbons (Fsp3) is 0.417. The van der Waals surface area contributed by atoms with Crippen molar-refractivity contribution in [2.75, 3.05) is 18.1 Å². The van der Waals surface area contributed by atoms with Crippen molar-refractivity contribution in [3.63, 3.8) is 0 Å². The molecule has 0 atom stereocenters. The highest BCUT2D eigenvalue weighted by molar-refractivity contribution is 7.92. The van der Waals surface area contributed by atoms with Crippen LogP contribution in [0.4, 0.5) is 5.95 Å². The normalized spacial score (nSPS) is 12.6. The second-order valence-corrected chi connectivity index (χ2v) is 7.66. The number of rotatable bonds is 4. The zero-order chi connectivity index (χ0) is 14.1. The van der Waals surface area contributed by atoms with Gasteiger partial charge < -0.3 is 5.32 Å². The molecule has 102 valence electrons. The maximum absolute atomic E-state index is 11.6. The molecule has 0 saturated heterocycles. The van der Waals surface area contributed by atoms with Gasteiger partial charge in [0.2, 0.25) is 5.95 Å². The minimum atomic E-state index is -3.15. The van der Waals surface area contributed by atoms with Crippen LogP contribution in [-0.2, 0) is 9.84 Å². The van der Waals surface area contributed by atoms with Gasteiger partial charge in [-0.05, 0) is 26.0 Å². The summed E-state index contributed by atoms with van der Waals surface area (Å²) in [6.07, 6.45) is 1.22. The minimum absolute atomic E-state index is 0.228. The van der Waals surface area contributed by atoms with Gasteiger partial charge in [-0.1, -0.05) is 12.1 Å². The Morgan fingerprint density at radius 3 is 2.42 bits per heavy atom. The first-order valence-electron chi connectivity index (χ1n) is 5.82. The van der Waals surface area contributed by atoms with Crippen LogP contribution in [0, 0.1) is 0 Å².